The van der Waals surface area contributed by atoms with Crippen LogP contribution in [0.1, 0.15) is 23.2 Å². The van der Waals surface area contributed by atoms with Crippen molar-refractivity contribution in [2.75, 3.05) is 18.0 Å². The minimum atomic E-state index is -0.869. The average molecular weight is 327 g/mol. The molecule has 1 aliphatic rings. The maximum absolute atomic E-state index is 11.1. The van der Waals surface area contributed by atoms with Gasteiger partial charge in [-0.15, -0.1) is 0 Å². The lowest BCUT2D eigenvalue weighted by molar-refractivity contribution is -0.135. The molecule has 1 saturated carbocycles. The van der Waals surface area contributed by atoms with Crippen molar-refractivity contribution in [3.8, 4) is 0 Å². The third kappa shape index (κ3) is 3.70. The Morgan fingerprint density at radius 3 is 2.58 bits per heavy atom. The summed E-state index contributed by atoms with van der Waals surface area (Å²) in [5, 5.41) is 8.98. The monoisotopic (exact) mass is 326 g/mol. The molecule has 0 atom stereocenters. The van der Waals surface area contributed by atoms with Crippen LogP contribution in [0.3, 0.4) is 0 Å². The van der Waals surface area contributed by atoms with Gasteiger partial charge in [0.25, 0.3) is 0 Å². The summed E-state index contributed by atoms with van der Waals surface area (Å²) in [6.07, 6.45) is 2.29. The number of carboxylic acid groups (broad SMARTS) is 1. The van der Waals surface area contributed by atoms with Crippen molar-refractivity contribution in [1.82, 2.24) is 0 Å². The highest BCUT2D eigenvalue weighted by atomic mass is 79.9. The second-order valence-electron chi connectivity index (χ2n) is 4.75. The van der Waals surface area contributed by atoms with Crippen molar-refractivity contribution in [3.63, 3.8) is 0 Å². The fraction of sp³-hybridized carbons (Fsp3) is 0.385. The molecule has 0 aromatic heterocycles. The first-order chi connectivity index (χ1) is 8.97. The molecule has 2 rings (SSSR count). The van der Waals surface area contributed by atoms with Crippen molar-refractivity contribution in [3.05, 3.63) is 28.2 Å². The zero-order chi connectivity index (χ0) is 14.0. The summed E-state index contributed by atoms with van der Waals surface area (Å²) in [7, 11) is 0. The molecule has 0 radical (unpaired) electrons. The normalized spacial score (nSPS) is 14.2. The van der Waals surface area contributed by atoms with Crippen LogP contribution >= 0.6 is 15.9 Å². The first-order valence-corrected chi connectivity index (χ1v) is 6.82. The Balaban J connectivity index is 2.24. The van der Waals surface area contributed by atoms with Gasteiger partial charge in [-0.3, -0.25) is 9.59 Å². The molecule has 5 nitrogen and oxygen atoms in total. The van der Waals surface area contributed by atoms with Crippen molar-refractivity contribution >= 4 is 33.5 Å². The van der Waals surface area contributed by atoms with Gasteiger partial charge in [0.15, 0.2) is 0 Å². The van der Waals surface area contributed by atoms with Gasteiger partial charge >= 0.3 is 5.97 Å². The van der Waals surface area contributed by atoms with E-state index in [-0.39, 0.29) is 6.54 Å². The van der Waals surface area contributed by atoms with Crippen LogP contribution in [0, 0.1) is 5.92 Å². The number of anilines is 1. The van der Waals surface area contributed by atoms with Gasteiger partial charge in [0.1, 0.15) is 6.54 Å². The molecule has 19 heavy (non-hydrogen) atoms. The second kappa shape index (κ2) is 5.61. The van der Waals surface area contributed by atoms with Crippen LogP contribution < -0.4 is 10.6 Å². The number of carboxylic acids is 1. The first-order valence-electron chi connectivity index (χ1n) is 6.03. The summed E-state index contributed by atoms with van der Waals surface area (Å²) in [6.45, 7) is 0.672. The largest absolute Gasteiger partial charge is 0.480 e. The molecule has 1 amide bonds. The highest BCUT2D eigenvalue weighted by molar-refractivity contribution is 9.10. The summed E-state index contributed by atoms with van der Waals surface area (Å²) in [4.78, 5) is 23.8. The fourth-order valence-electron chi connectivity index (χ4n) is 1.94. The highest BCUT2D eigenvalue weighted by Crippen LogP contribution is 2.34. The van der Waals surface area contributed by atoms with Crippen molar-refractivity contribution in [1.29, 1.82) is 0 Å². The SMILES string of the molecule is NC(=O)c1ccc(N(CC(=O)O)CC2CC2)c(Br)c1. The molecular weight excluding hydrogens is 312 g/mol. The number of nitrogens with zero attached hydrogens (tertiary/aromatic N) is 1. The Morgan fingerprint density at radius 1 is 1.42 bits per heavy atom. The fourth-order valence-corrected chi connectivity index (χ4v) is 2.57. The Labute approximate surface area is 119 Å². The molecular formula is C13H15BrN2O3. The molecule has 102 valence electrons. The number of halogens is 1. The first kappa shape index (κ1) is 13.9. The number of carbonyl (C=O) groups is 2. The van der Waals surface area contributed by atoms with Crippen LogP contribution in [-0.2, 0) is 4.79 Å². The van der Waals surface area contributed by atoms with Crippen molar-refractivity contribution < 1.29 is 14.7 Å². The van der Waals surface area contributed by atoms with E-state index >= 15 is 0 Å². The molecule has 0 spiro atoms. The van der Waals surface area contributed by atoms with E-state index in [1.807, 2.05) is 4.90 Å². The van der Waals surface area contributed by atoms with Gasteiger partial charge in [0.05, 0.1) is 5.69 Å². The standard InChI is InChI=1S/C13H15BrN2O3/c14-10-5-9(13(15)19)3-4-11(10)16(7-12(17)18)6-8-1-2-8/h3-5,8H,1-2,6-7H2,(H2,15,19)(H,17,18). The van der Waals surface area contributed by atoms with E-state index in [4.69, 9.17) is 10.8 Å². The Morgan fingerprint density at radius 2 is 2.11 bits per heavy atom. The van der Waals surface area contributed by atoms with Gasteiger partial charge in [-0.1, -0.05) is 0 Å². The third-order valence-corrected chi connectivity index (χ3v) is 3.71. The van der Waals surface area contributed by atoms with Crippen LogP contribution in [0.25, 0.3) is 0 Å². The molecule has 0 saturated heterocycles. The lowest BCUT2D eigenvalue weighted by atomic mass is 10.2. The number of nitrogens with two attached hydrogens (primary N) is 1. The number of carbonyl (C=O) groups excluding carboxylic acids is 1. The number of benzene rings is 1. The van der Waals surface area contributed by atoms with Crippen LogP contribution in [0.4, 0.5) is 5.69 Å². The molecule has 1 aliphatic carbocycles. The van der Waals surface area contributed by atoms with E-state index < -0.39 is 11.9 Å². The number of amides is 1. The number of aliphatic carboxylic acids is 1. The molecule has 6 heteroatoms. The third-order valence-electron chi connectivity index (χ3n) is 3.07. The molecule has 0 heterocycles. The van der Waals surface area contributed by atoms with E-state index in [1.165, 1.54) is 0 Å². The summed E-state index contributed by atoms with van der Waals surface area (Å²) in [5.41, 5.74) is 6.39. The van der Waals surface area contributed by atoms with E-state index in [2.05, 4.69) is 15.9 Å². The molecule has 3 N–H and O–H groups in total. The summed E-state index contributed by atoms with van der Waals surface area (Å²) in [5.74, 6) is -0.798. The minimum Gasteiger partial charge on any atom is -0.480 e. The molecule has 0 aliphatic heterocycles. The summed E-state index contributed by atoms with van der Waals surface area (Å²) >= 11 is 3.37. The van der Waals surface area contributed by atoms with Gasteiger partial charge in [-0.2, -0.15) is 0 Å². The maximum Gasteiger partial charge on any atom is 0.323 e. The zero-order valence-corrected chi connectivity index (χ0v) is 11.9. The number of hydrogen-bond acceptors (Lipinski definition) is 3. The smallest absolute Gasteiger partial charge is 0.323 e. The van der Waals surface area contributed by atoms with Gasteiger partial charge in [0, 0.05) is 16.6 Å². The van der Waals surface area contributed by atoms with Crippen molar-refractivity contribution in [2.24, 2.45) is 11.7 Å². The molecule has 0 unspecified atom stereocenters. The predicted molar refractivity (Wildman–Crippen MR) is 75.2 cm³/mol. The van der Waals surface area contributed by atoms with Crippen LogP contribution in [0.2, 0.25) is 0 Å². The topological polar surface area (TPSA) is 83.6 Å². The number of primary amides is 1. The number of hydrogen-bond donors (Lipinski definition) is 2. The highest BCUT2D eigenvalue weighted by Gasteiger charge is 2.26. The van der Waals surface area contributed by atoms with Gasteiger partial charge < -0.3 is 15.7 Å². The van der Waals surface area contributed by atoms with E-state index in [0.29, 0.717) is 16.0 Å². The maximum atomic E-state index is 11.1. The predicted octanol–water partition coefficient (Wildman–Crippen LogP) is 1.85. The zero-order valence-electron chi connectivity index (χ0n) is 10.3. The van der Waals surface area contributed by atoms with Crippen LogP contribution in [0.5, 0.6) is 0 Å². The van der Waals surface area contributed by atoms with E-state index in [9.17, 15) is 9.59 Å². The molecule has 0 bridgehead atoms. The van der Waals surface area contributed by atoms with Crippen LogP contribution in [-0.4, -0.2) is 30.1 Å². The minimum absolute atomic E-state index is 0.0506. The van der Waals surface area contributed by atoms with Gasteiger partial charge in [-0.05, 0) is 52.9 Å². The lowest BCUT2D eigenvalue weighted by Crippen LogP contribution is -2.32. The Bertz CT molecular complexity index is 515. The molecule has 1 aromatic carbocycles. The molecule has 1 fully saturated rings. The quantitative estimate of drug-likeness (QED) is 0.835. The van der Waals surface area contributed by atoms with Crippen molar-refractivity contribution in [2.45, 2.75) is 12.8 Å². The Kier molecular flexibility index (Phi) is 4.09. The van der Waals surface area contributed by atoms with E-state index in [0.717, 1.165) is 25.1 Å². The van der Waals surface area contributed by atoms with Crippen LogP contribution in [0.15, 0.2) is 22.7 Å². The molecule has 1 aromatic rings. The van der Waals surface area contributed by atoms with Gasteiger partial charge in [0.2, 0.25) is 5.91 Å². The summed E-state index contributed by atoms with van der Waals surface area (Å²) in [6, 6.07) is 4.97. The summed E-state index contributed by atoms with van der Waals surface area (Å²) < 4.78 is 0.686. The lowest BCUT2D eigenvalue weighted by Gasteiger charge is -2.24. The van der Waals surface area contributed by atoms with E-state index in [1.54, 1.807) is 18.2 Å². The van der Waals surface area contributed by atoms with Gasteiger partial charge in [-0.25, -0.2) is 0 Å². The number of rotatable bonds is 6. The Hall–Kier alpha value is -1.56. The average Bonchev–Trinajstić information content (AvgIpc) is 3.11. The second-order valence-corrected chi connectivity index (χ2v) is 5.60.